The van der Waals surface area contributed by atoms with Gasteiger partial charge in [-0.15, -0.1) is 0 Å². The van der Waals surface area contributed by atoms with E-state index >= 15 is 0 Å². The van der Waals surface area contributed by atoms with E-state index in [-0.39, 0.29) is 11.5 Å². The Hall–Kier alpha value is -1.90. The summed E-state index contributed by atoms with van der Waals surface area (Å²) in [5.41, 5.74) is 1.44. The molecule has 0 atom stereocenters. The summed E-state index contributed by atoms with van der Waals surface area (Å²) in [6.45, 7) is 6.93. The van der Waals surface area contributed by atoms with E-state index in [9.17, 15) is 14.7 Å². The minimum absolute atomic E-state index is 0.177. The topological polar surface area (TPSA) is 54.4 Å². The SMILES string of the molecule is CCC(C)(C)[C@H]1CC[C@H](CC2=C(O)C(=O)c3ccccc3C2=O)CC1. The highest BCUT2D eigenvalue weighted by atomic mass is 16.3. The summed E-state index contributed by atoms with van der Waals surface area (Å²) in [4.78, 5) is 25.1. The van der Waals surface area contributed by atoms with E-state index in [1.54, 1.807) is 24.3 Å². The standard InChI is InChI=1S/C22H28O3/c1-4-22(2,3)15-11-9-14(10-12-15)13-18-19(23)16-7-5-6-8-17(16)20(24)21(18)25/h5-8,14-15,25H,4,9-13H2,1-3H3/t14-,15-. The molecule has 0 unspecified atom stereocenters. The van der Waals surface area contributed by atoms with Crippen LogP contribution in [0.4, 0.5) is 0 Å². The molecule has 1 saturated carbocycles. The maximum Gasteiger partial charge on any atom is 0.228 e. The summed E-state index contributed by atoms with van der Waals surface area (Å²) in [5, 5.41) is 10.3. The lowest BCUT2D eigenvalue weighted by Crippen LogP contribution is -2.29. The number of benzene rings is 1. The van der Waals surface area contributed by atoms with Crippen molar-refractivity contribution in [3.8, 4) is 0 Å². The van der Waals surface area contributed by atoms with Gasteiger partial charge in [-0.05, 0) is 49.4 Å². The fraction of sp³-hybridized carbons (Fsp3) is 0.545. The minimum atomic E-state index is -0.411. The van der Waals surface area contributed by atoms with Crippen LogP contribution in [0.1, 0.15) is 80.0 Å². The molecule has 1 fully saturated rings. The number of carbonyl (C=O) groups excluding carboxylic acids is 2. The van der Waals surface area contributed by atoms with Crippen LogP contribution in [0, 0.1) is 17.3 Å². The Morgan fingerprint density at radius 2 is 1.56 bits per heavy atom. The highest BCUT2D eigenvalue weighted by Crippen LogP contribution is 2.44. The Kier molecular flexibility index (Phi) is 4.86. The van der Waals surface area contributed by atoms with Crippen molar-refractivity contribution in [2.24, 2.45) is 17.3 Å². The second-order valence-electron chi connectivity index (χ2n) is 8.29. The van der Waals surface area contributed by atoms with Crippen molar-refractivity contribution in [2.45, 2.75) is 59.3 Å². The molecule has 1 aromatic carbocycles. The maximum absolute atomic E-state index is 12.7. The number of fused-ring (bicyclic) bond motifs is 1. The van der Waals surface area contributed by atoms with Crippen molar-refractivity contribution in [1.29, 1.82) is 0 Å². The first-order chi connectivity index (χ1) is 11.8. The smallest absolute Gasteiger partial charge is 0.228 e. The zero-order valence-electron chi connectivity index (χ0n) is 15.5. The fourth-order valence-corrected chi connectivity index (χ4v) is 4.33. The molecule has 2 aliphatic rings. The van der Waals surface area contributed by atoms with Gasteiger partial charge in [0, 0.05) is 16.7 Å². The Morgan fingerprint density at radius 3 is 2.12 bits per heavy atom. The van der Waals surface area contributed by atoms with Gasteiger partial charge in [0.1, 0.15) is 0 Å². The van der Waals surface area contributed by atoms with Crippen LogP contribution in [0.15, 0.2) is 35.6 Å². The summed E-state index contributed by atoms with van der Waals surface area (Å²) in [7, 11) is 0. The molecule has 3 rings (SSSR count). The lowest BCUT2D eigenvalue weighted by atomic mass is 9.66. The molecule has 0 radical (unpaired) electrons. The molecule has 2 aliphatic carbocycles. The van der Waals surface area contributed by atoms with Gasteiger partial charge in [-0.3, -0.25) is 9.59 Å². The average Bonchev–Trinajstić information content (AvgIpc) is 2.64. The highest BCUT2D eigenvalue weighted by molar-refractivity contribution is 6.25. The zero-order valence-corrected chi connectivity index (χ0v) is 15.5. The van der Waals surface area contributed by atoms with E-state index in [1.807, 2.05) is 0 Å². The second kappa shape index (κ2) is 6.78. The summed E-state index contributed by atoms with van der Waals surface area (Å²) >= 11 is 0. The first-order valence-electron chi connectivity index (χ1n) is 9.45. The lowest BCUT2D eigenvalue weighted by Gasteiger charge is -2.39. The van der Waals surface area contributed by atoms with E-state index in [1.165, 1.54) is 6.42 Å². The monoisotopic (exact) mass is 340 g/mol. The van der Waals surface area contributed by atoms with Crippen LogP contribution >= 0.6 is 0 Å². The summed E-state index contributed by atoms with van der Waals surface area (Å²) in [5.74, 6) is 0.179. The van der Waals surface area contributed by atoms with E-state index in [0.29, 0.717) is 34.5 Å². The number of rotatable bonds is 4. The first kappa shape index (κ1) is 17.9. The molecule has 1 N–H and O–H groups in total. The van der Waals surface area contributed by atoms with Gasteiger partial charge in [0.2, 0.25) is 5.78 Å². The van der Waals surface area contributed by atoms with Crippen LogP contribution in [0.3, 0.4) is 0 Å². The molecule has 0 aliphatic heterocycles. The first-order valence-corrected chi connectivity index (χ1v) is 9.45. The normalized spacial score (nSPS) is 24.4. The van der Waals surface area contributed by atoms with Crippen molar-refractivity contribution in [2.75, 3.05) is 0 Å². The van der Waals surface area contributed by atoms with Crippen LogP contribution in [-0.4, -0.2) is 16.7 Å². The summed E-state index contributed by atoms with van der Waals surface area (Å²) in [6, 6.07) is 6.78. The molecule has 3 heteroatoms. The van der Waals surface area contributed by atoms with Gasteiger partial charge in [-0.1, -0.05) is 51.5 Å². The molecule has 0 bridgehead atoms. The van der Waals surface area contributed by atoms with Crippen molar-refractivity contribution < 1.29 is 14.7 Å². The largest absolute Gasteiger partial charge is 0.504 e. The highest BCUT2D eigenvalue weighted by Gasteiger charge is 2.36. The number of ketones is 2. The number of Topliss-reactive ketones (excluding diaryl/α,β-unsaturated/α-hetero) is 2. The minimum Gasteiger partial charge on any atom is -0.504 e. The van der Waals surface area contributed by atoms with Crippen LogP contribution in [0.25, 0.3) is 0 Å². The molecule has 0 spiro atoms. The number of aliphatic hydroxyl groups is 1. The summed E-state index contributed by atoms with van der Waals surface area (Å²) in [6.07, 6.45) is 6.15. The van der Waals surface area contributed by atoms with Crippen LogP contribution in [0.2, 0.25) is 0 Å². The molecule has 0 heterocycles. The molecule has 1 aromatic rings. The van der Waals surface area contributed by atoms with Gasteiger partial charge in [0.05, 0.1) is 0 Å². The molecular formula is C22H28O3. The van der Waals surface area contributed by atoms with E-state index in [4.69, 9.17) is 0 Å². The van der Waals surface area contributed by atoms with Gasteiger partial charge in [-0.2, -0.15) is 0 Å². The van der Waals surface area contributed by atoms with Crippen LogP contribution in [0.5, 0.6) is 0 Å². The number of aliphatic hydroxyl groups excluding tert-OH is 1. The molecule has 3 nitrogen and oxygen atoms in total. The summed E-state index contributed by atoms with van der Waals surface area (Å²) < 4.78 is 0. The third kappa shape index (κ3) is 3.29. The van der Waals surface area contributed by atoms with Crippen LogP contribution in [-0.2, 0) is 0 Å². The van der Waals surface area contributed by atoms with Crippen molar-refractivity contribution in [3.63, 3.8) is 0 Å². The third-order valence-corrected chi connectivity index (χ3v) is 6.55. The Labute approximate surface area is 150 Å². The van der Waals surface area contributed by atoms with Gasteiger partial charge in [0.25, 0.3) is 0 Å². The predicted octanol–water partition coefficient (Wildman–Crippen LogP) is 5.51. The number of hydrogen-bond donors (Lipinski definition) is 1. The van der Waals surface area contributed by atoms with Gasteiger partial charge in [0.15, 0.2) is 11.5 Å². The second-order valence-corrected chi connectivity index (χ2v) is 8.29. The Morgan fingerprint density at radius 1 is 1.00 bits per heavy atom. The molecule has 25 heavy (non-hydrogen) atoms. The van der Waals surface area contributed by atoms with E-state index in [2.05, 4.69) is 20.8 Å². The molecule has 0 aromatic heterocycles. The average molecular weight is 340 g/mol. The van der Waals surface area contributed by atoms with Gasteiger partial charge < -0.3 is 5.11 Å². The quantitative estimate of drug-likeness (QED) is 0.786. The number of allylic oxidation sites excluding steroid dienone is 2. The molecular weight excluding hydrogens is 312 g/mol. The van der Waals surface area contributed by atoms with Crippen molar-refractivity contribution >= 4 is 11.6 Å². The number of carbonyl (C=O) groups is 2. The van der Waals surface area contributed by atoms with Gasteiger partial charge >= 0.3 is 0 Å². The van der Waals surface area contributed by atoms with Gasteiger partial charge in [-0.25, -0.2) is 0 Å². The van der Waals surface area contributed by atoms with Crippen LogP contribution < -0.4 is 0 Å². The van der Waals surface area contributed by atoms with Crippen molar-refractivity contribution in [1.82, 2.24) is 0 Å². The zero-order chi connectivity index (χ0) is 18.2. The third-order valence-electron chi connectivity index (χ3n) is 6.55. The molecule has 0 amide bonds. The lowest BCUT2D eigenvalue weighted by molar-refractivity contribution is 0.0915. The van der Waals surface area contributed by atoms with E-state index in [0.717, 1.165) is 31.6 Å². The molecule has 0 saturated heterocycles. The van der Waals surface area contributed by atoms with E-state index < -0.39 is 5.78 Å². The Bertz CT molecular complexity index is 719. The predicted molar refractivity (Wildman–Crippen MR) is 98.9 cm³/mol. The Balaban J connectivity index is 1.73. The molecule has 134 valence electrons. The van der Waals surface area contributed by atoms with Crippen molar-refractivity contribution in [3.05, 3.63) is 46.7 Å². The number of hydrogen-bond acceptors (Lipinski definition) is 3. The fourth-order valence-electron chi connectivity index (χ4n) is 4.33. The maximum atomic E-state index is 12.7.